The number of methoxy groups -OCH3 is 1. The highest BCUT2D eigenvalue weighted by Gasteiger charge is 2.38. The lowest BCUT2D eigenvalue weighted by Gasteiger charge is -2.22. The van der Waals surface area contributed by atoms with Gasteiger partial charge in [0.2, 0.25) is 15.2 Å². The average molecular weight is 542 g/mol. The first kappa shape index (κ1) is 24.4. The number of thioether (sulfide) groups is 1. The van der Waals surface area contributed by atoms with E-state index in [4.69, 9.17) is 4.74 Å². The number of benzene rings is 4. The van der Waals surface area contributed by atoms with Gasteiger partial charge in [-0.15, -0.1) is 10.2 Å². The number of rotatable bonds is 8. The van der Waals surface area contributed by atoms with Crippen LogP contribution in [-0.4, -0.2) is 36.6 Å². The summed E-state index contributed by atoms with van der Waals surface area (Å²) in [4.78, 5) is 0.219. The molecular weight excluding hydrogens is 518 g/mol. The largest absolute Gasteiger partial charge is 0.496 e. The van der Waals surface area contributed by atoms with Crippen molar-refractivity contribution < 1.29 is 13.2 Å². The second kappa shape index (κ2) is 10.1. The van der Waals surface area contributed by atoms with Crippen molar-refractivity contribution in [1.29, 1.82) is 0 Å². The standard InChI is InChI=1S/C28H23N5O3S2/c1-36-24-16-6-5-9-20(24)17-30-33-18-29-31-28(33)37-27-23-15-8-11-19-10-7-14-22(25(19)23)26(27)32-38(34,35)21-12-3-2-4-13-21/h2-18,26-27,32H,1H3. The molecule has 1 heterocycles. The van der Waals surface area contributed by atoms with Crippen molar-refractivity contribution in [2.75, 3.05) is 7.11 Å². The summed E-state index contributed by atoms with van der Waals surface area (Å²) in [6.45, 7) is 0. The molecule has 0 amide bonds. The Labute approximate surface area is 224 Å². The van der Waals surface area contributed by atoms with Gasteiger partial charge in [0.1, 0.15) is 12.1 Å². The van der Waals surface area contributed by atoms with Crippen LogP contribution in [0.5, 0.6) is 5.75 Å². The summed E-state index contributed by atoms with van der Waals surface area (Å²) in [7, 11) is -2.17. The average Bonchev–Trinajstić information content (AvgIpc) is 3.52. The molecule has 2 unspecified atom stereocenters. The van der Waals surface area contributed by atoms with Crippen molar-refractivity contribution in [3.05, 3.63) is 114 Å². The normalized spacial score (nSPS) is 16.9. The highest BCUT2D eigenvalue weighted by Crippen LogP contribution is 2.53. The fourth-order valence-corrected chi connectivity index (χ4v) is 7.25. The summed E-state index contributed by atoms with van der Waals surface area (Å²) in [5.74, 6) is 0.701. The van der Waals surface area contributed by atoms with E-state index in [-0.39, 0.29) is 10.1 Å². The van der Waals surface area contributed by atoms with Crippen LogP contribution in [0.3, 0.4) is 0 Å². The smallest absolute Gasteiger partial charge is 0.241 e. The lowest BCUT2D eigenvalue weighted by Crippen LogP contribution is -2.30. The molecule has 8 nitrogen and oxygen atoms in total. The summed E-state index contributed by atoms with van der Waals surface area (Å²) in [5, 5.41) is 15.3. The van der Waals surface area contributed by atoms with E-state index in [9.17, 15) is 8.42 Å². The summed E-state index contributed by atoms with van der Waals surface area (Å²) in [6.07, 6.45) is 3.21. The maximum Gasteiger partial charge on any atom is 0.241 e. The van der Waals surface area contributed by atoms with E-state index >= 15 is 0 Å². The third-order valence-electron chi connectivity index (χ3n) is 6.44. The number of hydrogen-bond donors (Lipinski definition) is 1. The van der Waals surface area contributed by atoms with Gasteiger partial charge >= 0.3 is 0 Å². The third-order valence-corrected chi connectivity index (χ3v) is 9.16. The van der Waals surface area contributed by atoms with Gasteiger partial charge in [-0.1, -0.05) is 78.5 Å². The molecular formula is C28H23N5O3S2. The Morgan fingerprint density at radius 3 is 2.47 bits per heavy atom. The summed E-state index contributed by atoms with van der Waals surface area (Å²) < 4.78 is 36.8. The molecule has 1 aliphatic carbocycles. The molecule has 1 aromatic heterocycles. The van der Waals surface area contributed by atoms with E-state index in [2.05, 4.69) is 20.0 Å². The van der Waals surface area contributed by atoms with Gasteiger partial charge in [-0.2, -0.15) is 9.78 Å². The van der Waals surface area contributed by atoms with Crippen LogP contribution in [0.1, 0.15) is 28.0 Å². The van der Waals surface area contributed by atoms with Gasteiger partial charge in [-0.3, -0.25) is 0 Å². The minimum Gasteiger partial charge on any atom is -0.496 e. The van der Waals surface area contributed by atoms with Gasteiger partial charge in [0.25, 0.3) is 0 Å². The van der Waals surface area contributed by atoms with E-state index in [0.29, 0.717) is 10.9 Å². The molecule has 2 atom stereocenters. The van der Waals surface area contributed by atoms with E-state index < -0.39 is 16.1 Å². The van der Waals surface area contributed by atoms with Crippen molar-refractivity contribution in [2.45, 2.75) is 21.3 Å². The van der Waals surface area contributed by atoms with Crippen LogP contribution in [0.4, 0.5) is 0 Å². The van der Waals surface area contributed by atoms with Gasteiger partial charge in [-0.25, -0.2) is 13.1 Å². The monoisotopic (exact) mass is 541 g/mol. The fraction of sp³-hybridized carbons (Fsp3) is 0.107. The Kier molecular flexibility index (Phi) is 6.44. The lowest BCUT2D eigenvalue weighted by atomic mass is 10.1. The highest BCUT2D eigenvalue weighted by atomic mass is 32.2. The molecule has 0 radical (unpaired) electrons. The van der Waals surface area contributed by atoms with Crippen LogP contribution in [0.25, 0.3) is 10.8 Å². The first-order chi connectivity index (χ1) is 18.5. The number of para-hydroxylation sites is 1. The fourth-order valence-electron chi connectivity index (χ4n) is 4.72. The topological polar surface area (TPSA) is 98.5 Å². The molecule has 1 aliphatic rings. The minimum absolute atomic E-state index is 0.219. The van der Waals surface area contributed by atoms with Gasteiger partial charge in [-0.05, 0) is 46.2 Å². The number of hydrogen-bond acceptors (Lipinski definition) is 7. The van der Waals surface area contributed by atoms with Crippen molar-refractivity contribution in [1.82, 2.24) is 19.6 Å². The molecule has 10 heteroatoms. The second-order valence-corrected chi connectivity index (χ2v) is 11.5. The van der Waals surface area contributed by atoms with Crippen molar-refractivity contribution in [3.63, 3.8) is 0 Å². The summed E-state index contributed by atoms with van der Waals surface area (Å²) in [5.41, 5.74) is 2.78. The maximum atomic E-state index is 13.4. The molecule has 0 fully saturated rings. The first-order valence-electron chi connectivity index (χ1n) is 11.9. The molecule has 0 saturated carbocycles. The van der Waals surface area contributed by atoms with Crippen LogP contribution in [0.2, 0.25) is 0 Å². The number of ether oxygens (including phenoxy) is 1. The van der Waals surface area contributed by atoms with Crippen LogP contribution >= 0.6 is 11.8 Å². The quantitative estimate of drug-likeness (QED) is 0.272. The molecule has 38 heavy (non-hydrogen) atoms. The summed E-state index contributed by atoms with van der Waals surface area (Å²) in [6, 6.07) is 27.5. The van der Waals surface area contributed by atoms with Gasteiger partial charge < -0.3 is 4.74 Å². The number of nitrogens with one attached hydrogen (secondary N) is 1. The molecule has 0 bridgehead atoms. The Morgan fingerprint density at radius 1 is 0.947 bits per heavy atom. The van der Waals surface area contributed by atoms with Gasteiger partial charge in [0, 0.05) is 5.56 Å². The SMILES string of the molecule is COc1ccccc1C=Nn1cnnc1SC1c2cccc3cccc(c23)C1NS(=O)(=O)c1ccccc1. The van der Waals surface area contributed by atoms with Crippen LogP contribution in [-0.2, 0) is 10.0 Å². The van der Waals surface area contributed by atoms with Crippen LogP contribution in [0.15, 0.2) is 112 Å². The molecule has 190 valence electrons. The third kappa shape index (κ3) is 4.47. The predicted octanol–water partition coefficient (Wildman–Crippen LogP) is 5.19. The molecule has 0 aliphatic heterocycles. The molecule has 0 saturated heterocycles. The Balaban J connectivity index is 1.37. The molecule has 1 N–H and O–H groups in total. The first-order valence-corrected chi connectivity index (χ1v) is 14.2. The predicted molar refractivity (Wildman–Crippen MR) is 148 cm³/mol. The minimum atomic E-state index is -3.78. The highest BCUT2D eigenvalue weighted by molar-refractivity contribution is 7.99. The van der Waals surface area contributed by atoms with Crippen LogP contribution < -0.4 is 9.46 Å². The molecule has 6 rings (SSSR count). The van der Waals surface area contributed by atoms with E-state index in [1.807, 2.05) is 60.7 Å². The Morgan fingerprint density at radius 2 is 1.68 bits per heavy atom. The number of nitrogens with zero attached hydrogens (tertiary/aromatic N) is 4. The molecule has 0 spiro atoms. The molecule has 5 aromatic rings. The second-order valence-electron chi connectivity index (χ2n) is 8.69. The maximum absolute atomic E-state index is 13.4. The van der Waals surface area contributed by atoms with E-state index in [1.54, 1.807) is 48.3 Å². The number of sulfonamides is 1. The van der Waals surface area contributed by atoms with E-state index in [0.717, 1.165) is 27.5 Å². The Hall–Kier alpha value is -3.99. The van der Waals surface area contributed by atoms with Crippen molar-refractivity contribution in [2.24, 2.45) is 5.10 Å². The molecule has 4 aromatic carbocycles. The van der Waals surface area contributed by atoms with Gasteiger partial charge in [0.05, 0.1) is 29.5 Å². The van der Waals surface area contributed by atoms with Gasteiger partial charge in [0.15, 0.2) is 0 Å². The van der Waals surface area contributed by atoms with Crippen molar-refractivity contribution in [3.8, 4) is 5.75 Å². The lowest BCUT2D eigenvalue weighted by molar-refractivity contribution is 0.414. The zero-order valence-electron chi connectivity index (χ0n) is 20.3. The zero-order valence-corrected chi connectivity index (χ0v) is 21.9. The Bertz CT molecular complexity index is 1750. The van der Waals surface area contributed by atoms with Crippen LogP contribution in [0, 0.1) is 0 Å². The summed E-state index contributed by atoms with van der Waals surface area (Å²) >= 11 is 1.42. The van der Waals surface area contributed by atoms with E-state index in [1.165, 1.54) is 18.1 Å². The van der Waals surface area contributed by atoms with Crippen molar-refractivity contribution >= 4 is 38.8 Å². The number of aromatic nitrogens is 3. The zero-order chi connectivity index (χ0) is 26.1.